The molecule has 0 atom stereocenters. The van der Waals surface area contributed by atoms with E-state index in [1.165, 1.54) is 10.7 Å². The lowest BCUT2D eigenvalue weighted by Crippen LogP contribution is -2.16. The minimum absolute atomic E-state index is 0.0824. The molecule has 3 aromatic heterocycles. The van der Waals surface area contributed by atoms with E-state index in [9.17, 15) is 18.0 Å². The SMILES string of the molecule is Cc1nn(C)cc1NC(=O)c1cc2nc(-c3ccc4ccccc4c3)cc(C(F)(F)F)n2n1. The lowest BCUT2D eigenvalue weighted by Gasteiger charge is -2.11. The first-order valence-electron chi connectivity index (χ1n) is 9.98. The maximum atomic E-state index is 13.9. The molecule has 1 N–H and O–H groups in total. The standard InChI is InChI=1S/C23H17F3N6O/c1-13-19(12-31(2)29-13)28-22(33)18-11-21-27-17(10-20(23(24,25)26)32(21)30-18)16-8-7-14-5-3-4-6-15(14)9-16/h3-12H,1-2H3,(H,28,33). The molecule has 0 radical (unpaired) electrons. The summed E-state index contributed by atoms with van der Waals surface area (Å²) < 4.78 is 43.8. The molecule has 0 unspecified atom stereocenters. The third-order valence-electron chi connectivity index (χ3n) is 5.26. The number of nitrogens with one attached hydrogen (secondary N) is 1. The number of carbonyl (C=O) groups excluding carboxylic acids is 1. The van der Waals surface area contributed by atoms with Crippen LogP contribution in [0.3, 0.4) is 0 Å². The fourth-order valence-electron chi connectivity index (χ4n) is 3.69. The summed E-state index contributed by atoms with van der Waals surface area (Å²) in [6.45, 7) is 1.71. The van der Waals surface area contributed by atoms with Crippen LogP contribution in [0.2, 0.25) is 0 Å². The molecular formula is C23H17F3N6O. The molecule has 0 aliphatic rings. The Labute approximate surface area is 185 Å². The van der Waals surface area contributed by atoms with Gasteiger partial charge in [-0.1, -0.05) is 36.4 Å². The first kappa shape index (κ1) is 20.7. The fourth-order valence-corrected chi connectivity index (χ4v) is 3.69. The van der Waals surface area contributed by atoms with Gasteiger partial charge in [0.2, 0.25) is 0 Å². The van der Waals surface area contributed by atoms with Crippen LogP contribution in [0.15, 0.2) is 60.8 Å². The molecule has 0 saturated carbocycles. The van der Waals surface area contributed by atoms with E-state index >= 15 is 0 Å². The van der Waals surface area contributed by atoms with E-state index in [4.69, 9.17) is 0 Å². The maximum Gasteiger partial charge on any atom is 0.433 e. The van der Waals surface area contributed by atoms with E-state index in [0.717, 1.165) is 16.8 Å². The van der Waals surface area contributed by atoms with Gasteiger partial charge in [0, 0.05) is 24.9 Å². The second kappa shape index (κ2) is 7.44. The fraction of sp³-hybridized carbons (Fsp3) is 0.130. The molecule has 0 bridgehead atoms. The van der Waals surface area contributed by atoms with Crippen molar-refractivity contribution in [2.24, 2.45) is 7.05 Å². The quantitative estimate of drug-likeness (QED) is 0.426. The number of carbonyl (C=O) groups is 1. The van der Waals surface area contributed by atoms with Gasteiger partial charge in [-0.05, 0) is 29.8 Å². The second-order valence-electron chi connectivity index (χ2n) is 7.64. The molecule has 0 spiro atoms. The number of alkyl halides is 3. The van der Waals surface area contributed by atoms with Crippen LogP contribution >= 0.6 is 0 Å². The van der Waals surface area contributed by atoms with Gasteiger partial charge in [-0.3, -0.25) is 9.48 Å². The summed E-state index contributed by atoms with van der Waals surface area (Å²) in [5, 5.41) is 12.5. The zero-order valence-corrected chi connectivity index (χ0v) is 17.6. The van der Waals surface area contributed by atoms with E-state index in [2.05, 4.69) is 20.5 Å². The Bertz CT molecular complexity index is 1530. The van der Waals surface area contributed by atoms with Gasteiger partial charge in [0.05, 0.1) is 17.1 Å². The van der Waals surface area contributed by atoms with Crippen molar-refractivity contribution in [1.29, 1.82) is 0 Å². The topological polar surface area (TPSA) is 77.1 Å². The molecule has 1 amide bonds. The van der Waals surface area contributed by atoms with Gasteiger partial charge in [-0.15, -0.1) is 0 Å². The monoisotopic (exact) mass is 450 g/mol. The van der Waals surface area contributed by atoms with Gasteiger partial charge in [0.15, 0.2) is 17.0 Å². The van der Waals surface area contributed by atoms with E-state index < -0.39 is 17.8 Å². The molecule has 0 saturated heterocycles. The zero-order chi connectivity index (χ0) is 23.3. The molecule has 2 aromatic carbocycles. The Morgan fingerprint density at radius 1 is 1.00 bits per heavy atom. The first-order chi connectivity index (χ1) is 15.7. The van der Waals surface area contributed by atoms with Crippen molar-refractivity contribution in [2.75, 3.05) is 5.32 Å². The van der Waals surface area contributed by atoms with Gasteiger partial charge < -0.3 is 5.32 Å². The van der Waals surface area contributed by atoms with Crippen LogP contribution in [0, 0.1) is 6.92 Å². The van der Waals surface area contributed by atoms with Crippen LogP contribution in [0.4, 0.5) is 18.9 Å². The van der Waals surface area contributed by atoms with Crippen molar-refractivity contribution >= 4 is 28.0 Å². The third-order valence-corrected chi connectivity index (χ3v) is 5.26. The van der Waals surface area contributed by atoms with E-state index in [-0.39, 0.29) is 17.0 Å². The van der Waals surface area contributed by atoms with Gasteiger partial charge >= 0.3 is 6.18 Å². The molecule has 0 fully saturated rings. The molecule has 10 heteroatoms. The molecule has 7 nitrogen and oxygen atoms in total. The van der Waals surface area contributed by atoms with E-state index in [0.29, 0.717) is 21.5 Å². The number of aryl methyl sites for hydroxylation is 2. The molecule has 5 aromatic rings. The summed E-state index contributed by atoms with van der Waals surface area (Å²) in [7, 11) is 1.70. The number of aromatic nitrogens is 5. The van der Waals surface area contributed by atoms with Crippen LogP contribution < -0.4 is 5.32 Å². The van der Waals surface area contributed by atoms with Gasteiger partial charge in [0.25, 0.3) is 5.91 Å². The highest BCUT2D eigenvalue weighted by Gasteiger charge is 2.35. The van der Waals surface area contributed by atoms with Crippen LogP contribution in [-0.2, 0) is 13.2 Å². The summed E-state index contributed by atoms with van der Waals surface area (Å²) in [4.78, 5) is 17.0. The van der Waals surface area contributed by atoms with Crippen molar-refractivity contribution in [3.63, 3.8) is 0 Å². The minimum atomic E-state index is -4.70. The molecule has 0 aliphatic carbocycles. The summed E-state index contributed by atoms with van der Waals surface area (Å²) in [5.74, 6) is -0.656. The molecule has 166 valence electrons. The lowest BCUT2D eigenvalue weighted by molar-refractivity contribution is -0.142. The first-order valence-corrected chi connectivity index (χ1v) is 9.98. The molecule has 3 heterocycles. The predicted molar refractivity (Wildman–Crippen MR) is 117 cm³/mol. The number of hydrogen-bond donors (Lipinski definition) is 1. The highest BCUT2D eigenvalue weighted by atomic mass is 19.4. The second-order valence-corrected chi connectivity index (χ2v) is 7.64. The predicted octanol–water partition coefficient (Wildman–Crippen LogP) is 4.86. The number of halogens is 3. The largest absolute Gasteiger partial charge is 0.433 e. The van der Waals surface area contributed by atoms with Crippen LogP contribution in [0.5, 0.6) is 0 Å². The minimum Gasteiger partial charge on any atom is -0.318 e. The number of fused-ring (bicyclic) bond motifs is 2. The molecule has 0 aliphatic heterocycles. The average Bonchev–Trinajstić information content (AvgIpc) is 3.34. The van der Waals surface area contributed by atoms with Crippen molar-refractivity contribution in [1.82, 2.24) is 24.4 Å². The van der Waals surface area contributed by atoms with Crippen molar-refractivity contribution in [2.45, 2.75) is 13.1 Å². The maximum absolute atomic E-state index is 13.9. The number of hydrogen-bond acceptors (Lipinski definition) is 4. The number of benzene rings is 2. The summed E-state index contributed by atoms with van der Waals surface area (Å²) in [6.07, 6.45) is -3.10. The van der Waals surface area contributed by atoms with Gasteiger partial charge in [-0.25, -0.2) is 9.50 Å². The normalized spacial score (nSPS) is 11.9. The number of nitrogens with zero attached hydrogens (tertiary/aromatic N) is 5. The smallest absolute Gasteiger partial charge is 0.318 e. The summed E-state index contributed by atoms with van der Waals surface area (Å²) in [6, 6.07) is 15.1. The van der Waals surface area contributed by atoms with Crippen molar-refractivity contribution in [3.8, 4) is 11.3 Å². The van der Waals surface area contributed by atoms with Crippen molar-refractivity contribution < 1.29 is 18.0 Å². The Balaban J connectivity index is 1.61. The van der Waals surface area contributed by atoms with Crippen molar-refractivity contribution in [3.05, 3.63) is 77.9 Å². The third kappa shape index (κ3) is 3.79. The number of rotatable bonds is 3. The summed E-state index contributed by atoms with van der Waals surface area (Å²) >= 11 is 0. The molecule has 33 heavy (non-hydrogen) atoms. The molecule has 5 rings (SSSR count). The Hall–Kier alpha value is -4.21. The van der Waals surface area contributed by atoms with Gasteiger partial charge in [-0.2, -0.15) is 23.4 Å². The number of anilines is 1. The summed E-state index contributed by atoms with van der Waals surface area (Å²) in [5.41, 5.74) is 0.387. The van der Waals surface area contributed by atoms with Crippen LogP contribution in [0.1, 0.15) is 21.9 Å². The van der Waals surface area contributed by atoms with E-state index in [1.54, 1.807) is 32.3 Å². The van der Waals surface area contributed by atoms with Gasteiger partial charge in [0.1, 0.15) is 0 Å². The highest BCUT2D eigenvalue weighted by Crippen LogP contribution is 2.33. The Kier molecular flexibility index (Phi) is 4.66. The van der Waals surface area contributed by atoms with E-state index in [1.807, 2.05) is 30.3 Å². The highest BCUT2D eigenvalue weighted by molar-refractivity contribution is 6.03. The molecular weight excluding hydrogens is 433 g/mol. The Morgan fingerprint density at radius 3 is 2.45 bits per heavy atom. The van der Waals surface area contributed by atoms with Crippen LogP contribution in [0.25, 0.3) is 27.7 Å². The lowest BCUT2D eigenvalue weighted by atomic mass is 10.0. The van der Waals surface area contributed by atoms with Crippen LogP contribution in [-0.4, -0.2) is 30.3 Å². The average molecular weight is 450 g/mol. The Morgan fingerprint density at radius 2 is 1.76 bits per heavy atom. The number of amides is 1. The zero-order valence-electron chi connectivity index (χ0n) is 17.6.